The number of sulfonamides is 1. The van der Waals surface area contributed by atoms with Crippen LogP contribution in [-0.4, -0.2) is 60.0 Å². The van der Waals surface area contributed by atoms with E-state index in [-0.39, 0.29) is 24.7 Å². The van der Waals surface area contributed by atoms with Crippen molar-refractivity contribution in [3.05, 3.63) is 35.4 Å². The standard InChI is InChI=1S/C18H24N2O5S/c1-2-26(24,25)20-9-5-7-14(11-20)17(21)19-10-13-6-3-4-8-15(13)16(12-19)18(22)23/h3-4,6,8,14,16H,2,5,7,9-12H2,1H3,(H,22,23). The summed E-state index contributed by atoms with van der Waals surface area (Å²) in [5.41, 5.74) is 1.59. The van der Waals surface area contributed by atoms with Gasteiger partial charge in [-0.2, -0.15) is 0 Å². The number of hydrogen-bond donors (Lipinski definition) is 1. The van der Waals surface area contributed by atoms with E-state index in [4.69, 9.17) is 0 Å². The molecule has 8 heteroatoms. The highest BCUT2D eigenvalue weighted by Crippen LogP contribution is 2.31. The number of carbonyl (C=O) groups is 2. The second kappa shape index (κ2) is 7.36. The molecule has 2 atom stereocenters. The fourth-order valence-electron chi connectivity index (χ4n) is 3.82. The van der Waals surface area contributed by atoms with E-state index in [0.29, 0.717) is 25.9 Å². The molecule has 0 aromatic heterocycles. The van der Waals surface area contributed by atoms with E-state index < -0.39 is 27.8 Å². The third-order valence-electron chi connectivity index (χ3n) is 5.30. The first kappa shape index (κ1) is 18.8. The van der Waals surface area contributed by atoms with Gasteiger partial charge in [-0.3, -0.25) is 9.59 Å². The summed E-state index contributed by atoms with van der Waals surface area (Å²) in [5, 5.41) is 9.55. The molecule has 1 saturated heterocycles. The maximum Gasteiger partial charge on any atom is 0.312 e. The summed E-state index contributed by atoms with van der Waals surface area (Å²) in [5.74, 6) is -2.24. The number of benzene rings is 1. The lowest BCUT2D eigenvalue weighted by Crippen LogP contribution is -2.49. The van der Waals surface area contributed by atoms with Gasteiger partial charge in [0.25, 0.3) is 0 Å². The Labute approximate surface area is 153 Å². The van der Waals surface area contributed by atoms with Gasteiger partial charge in [-0.15, -0.1) is 0 Å². The van der Waals surface area contributed by atoms with E-state index in [2.05, 4.69) is 0 Å². The van der Waals surface area contributed by atoms with Gasteiger partial charge in [-0.05, 0) is 30.9 Å². The highest BCUT2D eigenvalue weighted by molar-refractivity contribution is 7.89. The van der Waals surface area contributed by atoms with Crippen LogP contribution in [0.5, 0.6) is 0 Å². The van der Waals surface area contributed by atoms with Gasteiger partial charge in [0.2, 0.25) is 15.9 Å². The smallest absolute Gasteiger partial charge is 0.312 e. The summed E-state index contributed by atoms with van der Waals surface area (Å²) in [6, 6.07) is 7.29. The number of aliphatic carboxylic acids is 1. The molecular formula is C18H24N2O5S. The fourth-order valence-corrected chi connectivity index (χ4v) is 5.00. The zero-order chi connectivity index (χ0) is 18.9. The van der Waals surface area contributed by atoms with E-state index in [1.54, 1.807) is 24.0 Å². The highest BCUT2D eigenvalue weighted by Gasteiger charge is 2.37. The van der Waals surface area contributed by atoms with Crippen molar-refractivity contribution in [1.82, 2.24) is 9.21 Å². The molecule has 2 unspecified atom stereocenters. The van der Waals surface area contributed by atoms with Crippen molar-refractivity contribution in [2.24, 2.45) is 5.92 Å². The molecule has 3 rings (SSSR count). The van der Waals surface area contributed by atoms with E-state index in [0.717, 1.165) is 11.1 Å². The molecule has 7 nitrogen and oxygen atoms in total. The molecule has 2 aliphatic rings. The van der Waals surface area contributed by atoms with Crippen LogP contribution in [0, 0.1) is 5.92 Å². The number of piperidine rings is 1. The first-order valence-electron chi connectivity index (χ1n) is 8.90. The van der Waals surface area contributed by atoms with Gasteiger partial charge >= 0.3 is 5.97 Å². The lowest BCUT2D eigenvalue weighted by atomic mass is 9.88. The summed E-state index contributed by atoms with van der Waals surface area (Å²) in [6.45, 7) is 2.73. The Kier molecular flexibility index (Phi) is 5.34. The Morgan fingerprint density at radius 2 is 1.96 bits per heavy atom. The molecular weight excluding hydrogens is 356 g/mol. The van der Waals surface area contributed by atoms with Gasteiger partial charge < -0.3 is 10.0 Å². The van der Waals surface area contributed by atoms with Crippen molar-refractivity contribution in [2.45, 2.75) is 32.2 Å². The topological polar surface area (TPSA) is 95.0 Å². The highest BCUT2D eigenvalue weighted by atomic mass is 32.2. The third-order valence-corrected chi connectivity index (χ3v) is 7.14. The molecule has 0 bridgehead atoms. The number of carbonyl (C=O) groups excluding carboxylic acids is 1. The first-order valence-corrected chi connectivity index (χ1v) is 10.5. The molecule has 2 heterocycles. The van der Waals surface area contributed by atoms with Crippen LogP contribution >= 0.6 is 0 Å². The van der Waals surface area contributed by atoms with Crippen molar-refractivity contribution in [2.75, 3.05) is 25.4 Å². The van der Waals surface area contributed by atoms with Crippen LogP contribution in [0.4, 0.5) is 0 Å². The molecule has 26 heavy (non-hydrogen) atoms. The predicted octanol–water partition coefficient (Wildman–Crippen LogP) is 1.26. The Balaban J connectivity index is 1.79. The summed E-state index contributed by atoms with van der Waals surface area (Å²) >= 11 is 0. The Hall–Kier alpha value is -1.93. The zero-order valence-corrected chi connectivity index (χ0v) is 15.6. The van der Waals surface area contributed by atoms with E-state index in [1.807, 2.05) is 12.1 Å². The minimum absolute atomic E-state index is 0.0199. The number of rotatable bonds is 4. The van der Waals surface area contributed by atoms with Gasteiger partial charge in [0.1, 0.15) is 0 Å². The molecule has 0 radical (unpaired) electrons. The van der Waals surface area contributed by atoms with Gasteiger partial charge in [0.05, 0.1) is 17.6 Å². The molecule has 1 N–H and O–H groups in total. The fraction of sp³-hybridized carbons (Fsp3) is 0.556. The van der Waals surface area contributed by atoms with Crippen molar-refractivity contribution < 1.29 is 23.1 Å². The molecule has 0 saturated carbocycles. The molecule has 1 amide bonds. The number of nitrogens with zero attached hydrogens (tertiary/aromatic N) is 2. The minimum atomic E-state index is -3.32. The van der Waals surface area contributed by atoms with Crippen molar-refractivity contribution in [1.29, 1.82) is 0 Å². The molecule has 1 aromatic carbocycles. The summed E-state index contributed by atoms with van der Waals surface area (Å²) < 4.78 is 25.6. The van der Waals surface area contributed by atoms with Gasteiger partial charge in [0.15, 0.2) is 0 Å². The molecule has 1 fully saturated rings. The quantitative estimate of drug-likeness (QED) is 0.848. The zero-order valence-electron chi connectivity index (χ0n) is 14.8. The molecule has 2 aliphatic heterocycles. The second-order valence-electron chi connectivity index (χ2n) is 6.91. The third kappa shape index (κ3) is 3.61. The van der Waals surface area contributed by atoms with E-state index >= 15 is 0 Å². The van der Waals surface area contributed by atoms with Crippen LogP contribution in [0.2, 0.25) is 0 Å². The van der Waals surface area contributed by atoms with Gasteiger partial charge in [0, 0.05) is 26.2 Å². The normalized spacial score (nSPS) is 24.1. The Bertz CT molecular complexity index is 808. The number of hydrogen-bond acceptors (Lipinski definition) is 4. The largest absolute Gasteiger partial charge is 0.481 e. The van der Waals surface area contributed by atoms with Crippen LogP contribution in [0.1, 0.15) is 36.8 Å². The number of amides is 1. The number of fused-ring (bicyclic) bond motifs is 1. The molecule has 142 valence electrons. The molecule has 0 aliphatic carbocycles. The second-order valence-corrected chi connectivity index (χ2v) is 9.16. The van der Waals surface area contributed by atoms with E-state index in [1.165, 1.54) is 4.31 Å². The van der Waals surface area contributed by atoms with Crippen molar-refractivity contribution >= 4 is 21.9 Å². The first-order chi connectivity index (χ1) is 12.3. The van der Waals surface area contributed by atoms with Crippen LogP contribution in [-0.2, 0) is 26.2 Å². The monoisotopic (exact) mass is 380 g/mol. The lowest BCUT2D eigenvalue weighted by Gasteiger charge is -2.37. The SMILES string of the molecule is CCS(=O)(=O)N1CCCC(C(=O)N2Cc3ccccc3C(C(=O)O)C2)C1. The molecule has 1 aromatic rings. The molecule has 0 spiro atoms. The minimum Gasteiger partial charge on any atom is -0.481 e. The van der Waals surface area contributed by atoms with E-state index in [9.17, 15) is 23.1 Å². The van der Waals surface area contributed by atoms with Crippen LogP contribution in [0.3, 0.4) is 0 Å². The summed E-state index contributed by atoms with van der Waals surface area (Å²) in [6.07, 6.45) is 1.27. The van der Waals surface area contributed by atoms with Crippen molar-refractivity contribution in [3.63, 3.8) is 0 Å². The van der Waals surface area contributed by atoms with Gasteiger partial charge in [-0.25, -0.2) is 12.7 Å². The van der Waals surface area contributed by atoms with Gasteiger partial charge in [-0.1, -0.05) is 24.3 Å². The van der Waals surface area contributed by atoms with Crippen LogP contribution in [0.25, 0.3) is 0 Å². The predicted molar refractivity (Wildman–Crippen MR) is 96.0 cm³/mol. The average molecular weight is 380 g/mol. The lowest BCUT2D eigenvalue weighted by molar-refractivity contribution is -0.143. The van der Waals surface area contributed by atoms with Crippen molar-refractivity contribution in [3.8, 4) is 0 Å². The average Bonchev–Trinajstić information content (AvgIpc) is 2.66. The maximum absolute atomic E-state index is 13.0. The number of carboxylic acids is 1. The van der Waals surface area contributed by atoms with Crippen LogP contribution in [0.15, 0.2) is 24.3 Å². The number of carboxylic acid groups (broad SMARTS) is 1. The Morgan fingerprint density at radius 1 is 1.23 bits per heavy atom. The maximum atomic E-state index is 13.0. The van der Waals surface area contributed by atoms with Crippen LogP contribution < -0.4 is 0 Å². The summed E-state index contributed by atoms with van der Waals surface area (Å²) in [4.78, 5) is 26.2. The summed E-state index contributed by atoms with van der Waals surface area (Å²) in [7, 11) is -3.32. The Morgan fingerprint density at radius 3 is 2.65 bits per heavy atom.